The van der Waals surface area contributed by atoms with Crippen molar-refractivity contribution in [2.75, 3.05) is 0 Å². The maximum atomic E-state index is 9.84. The van der Waals surface area contributed by atoms with E-state index in [1.165, 1.54) is 0 Å². The smallest absolute Gasteiger partial charge is 0.188 e. The van der Waals surface area contributed by atoms with Crippen molar-refractivity contribution in [3.63, 3.8) is 0 Å². The molecule has 0 aliphatic rings. The molecule has 2 heteroatoms. The van der Waals surface area contributed by atoms with Gasteiger partial charge in [0.25, 0.3) is 0 Å². The molecule has 0 fully saturated rings. The van der Waals surface area contributed by atoms with Gasteiger partial charge in [0.2, 0.25) is 0 Å². The molecular formula is C5H11O2. The molecule has 1 N–H and O–H groups in total. The van der Waals surface area contributed by atoms with Crippen LogP contribution in [0.4, 0.5) is 0 Å². The van der Waals surface area contributed by atoms with Gasteiger partial charge in [-0.2, -0.15) is 0 Å². The first-order valence-electron chi connectivity index (χ1n) is 2.61. The molecule has 0 aromatic heterocycles. The van der Waals surface area contributed by atoms with E-state index in [1.807, 2.05) is 6.92 Å². The SMILES string of the molecule is CCCCC([O])O. The normalized spacial score (nSPS) is 10.3. The zero-order chi connectivity index (χ0) is 5.70. The summed E-state index contributed by atoms with van der Waals surface area (Å²) in [7, 11) is 0. The molecule has 0 spiro atoms. The first kappa shape index (κ1) is 6.92. The molecule has 7 heavy (non-hydrogen) atoms. The zero-order valence-electron chi connectivity index (χ0n) is 4.55. The first-order chi connectivity index (χ1) is 3.27. The lowest BCUT2D eigenvalue weighted by Crippen LogP contribution is -1.99. The number of aliphatic hydroxyl groups is 1. The standard InChI is InChI=1S/C5H11O2/c1-2-3-4-5(6)7/h5-6H,2-4H2,1H3. The van der Waals surface area contributed by atoms with Crippen molar-refractivity contribution in [2.24, 2.45) is 0 Å². The molecule has 2 nitrogen and oxygen atoms in total. The highest BCUT2D eigenvalue weighted by atomic mass is 16.5. The Labute approximate surface area is 43.8 Å². The molecule has 0 saturated heterocycles. The van der Waals surface area contributed by atoms with Gasteiger partial charge in [0.05, 0.1) is 0 Å². The summed E-state index contributed by atoms with van der Waals surface area (Å²) < 4.78 is 0. The second-order valence-electron chi connectivity index (χ2n) is 1.60. The minimum atomic E-state index is -1.35. The van der Waals surface area contributed by atoms with Gasteiger partial charge in [-0.25, -0.2) is 5.11 Å². The van der Waals surface area contributed by atoms with Crippen LogP contribution in [0.25, 0.3) is 0 Å². The molecule has 1 radical (unpaired) electrons. The van der Waals surface area contributed by atoms with Crippen molar-refractivity contribution in [1.82, 2.24) is 0 Å². The van der Waals surface area contributed by atoms with Crippen LogP contribution < -0.4 is 0 Å². The fraction of sp³-hybridized carbons (Fsp3) is 1.00. The summed E-state index contributed by atoms with van der Waals surface area (Å²) in [6.07, 6.45) is 0.875. The zero-order valence-corrected chi connectivity index (χ0v) is 4.55. The fourth-order valence-electron chi connectivity index (χ4n) is 0.379. The molecule has 0 heterocycles. The van der Waals surface area contributed by atoms with Crippen LogP contribution in [-0.2, 0) is 5.11 Å². The van der Waals surface area contributed by atoms with E-state index < -0.39 is 6.29 Å². The molecule has 43 valence electrons. The van der Waals surface area contributed by atoms with Gasteiger partial charge in [-0.3, -0.25) is 0 Å². The lowest BCUT2D eigenvalue weighted by molar-refractivity contribution is -0.0966. The van der Waals surface area contributed by atoms with Crippen molar-refractivity contribution in [1.29, 1.82) is 0 Å². The average molecular weight is 103 g/mol. The van der Waals surface area contributed by atoms with Crippen LogP contribution >= 0.6 is 0 Å². The summed E-state index contributed by atoms with van der Waals surface area (Å²) in [5.74, 6) is 0. The van der Waals surface area contributed by atoms with Crippen LogP contribution in [0.2, 0.25) is 0 Å². The van der Waals surface area contributed by atoms with Crippen molar-refractivity contribution >= 4 is 0 Å². The topological polar surface area (TPSA) is 40.1 Å². The third-order valence-corrected chi connectivity index (χ3v) is 0.805. The Morgan fingerprint density at radius 1 is 1.71 bits per heavy atom. The number of hydrogen-bond donors (Lipinski definition) is 1. The Bertz CT molecular complexity index is 35.1. The largest absolute Gasteiger partial charge is 0.366 e. The molecule has 0 aromatic rings. The van der Waals surface area contributed by atoms with E-state index in [1.54, 1.807) is 0 Å². The van der Waals surface area contributed by atoms with E-state index in [0.29, 0.717) is 6.42 Å². The van der Waals surface area contributed by atoms with Gasteiger partial charge in [0, 0.05) is 6.42 Å². The van der Waals surface area contributed by atoms with E-state index in [0.717, 1.165) is 12.8 Å². The average Bonchev–Trinajstić information content (AvgIpc) is 1.61. The monoisotopic (exact) mass is 103 g/mol. The molecule has 0 saturated carbocycles. The molecule has 0 bridgehead atoms. The Balaban J connectivity index is 2.68. The van der Waals surface area contributed by atoms with E-state index in [4.69, 9.17) is 5.11 Å². The molecule has 0 aromatic carbocycles. The van der Waals surface area contributed by atoms with Gasteiger partial charge in [0.1, 0.15) is 0 Å². The molecule has 0 aliphatic heterocycles. The molecular weight excluding hydrogens is 92.1 g/mol. The number of hydrogen-bond acceptors (Lipinski definition) is 1. The number of aliphatic hydroxyl groups excluding tert-OH is 1. The van der Waals surface area contributed by atoms with Crippen molar-refractivity contribution in [3.05, 3.63) is 0 Å². The summed E-state index contributed by atoms with van der Waals surface area (Å²) >= 11 is 0. The lowest BCUT2D eigenvalue weighted by Gasteiger charge is -1.94. The molecule has 0 rings (SSSR count). The van der Waals surface area contributed by atoms with E-state index in [2.05, 4.69) is 0 Å². The van der Waals surface area contributed by atoms with Crippen molar-refractivity contribution < 1.29 is 10.2 Å². The summed E-state index contributed by atoms with van der Waals surface area (Å²) in [6, 6.07) is 0. The van der Waals surface area contributed by atoms with Crippen LogP contribution in [0.3, 0.4) is 0 Å². The van der Waals surface area contributed by atoms with Crippen LogP contribution in [0.15, 0.2) is 0 Å². The van der Waals surface area contributed by atoms with E-state index in [9.17, 15) is 5.11 Å². The van der Waals surface area contributed by atoms with E-state index in [-0.39, 0.29) is 0 Å². The summed E-state index contributed by atoms with van der Waals surface area (Å²) in [4.78, 5) is 0. The van der Waals surface area contributed by atoms with Crippen LogP contribution in [-0.4, -0.2) is 11.4 Å². The van der Waals surface area contributed by atoms with Gasteiger partial charge < -0.3 is 5.11 Å². The van der Waals surface area contributed by atoms with Gasteiger partial charge in [-0.1, -0.05) is 13.3 Å². The summed E-state index contributed by atoms with van der Waals surface area (Å²) in [5, 5.41) is 18.0. The predicted octanol–water partition coefficient (Wildman–Crippen LogP) is 0.925. The first-order valence-corrected chi connectivity index (χ1v) is 2.61. The summed E-state index contributed by atoms with van der Waals surface area (Å²) in [6.45, 7) is 1.99. The fourth-order valence-corrected chi connectivity index (χ4v) is 0.379. The van der Waals surface area contributed by atoms with Gasteiger partial charge in [-0.15, -0.1) is 0 Å². The maximum absolute atomic E-state index is 9.84. The second-order valence-corrected chi connectivity index (χ2v) is 1.60. The quantitative estimate of drug-likeness (QED) is 0.530. The van der Waals surface area contributed by atoms with E-state index >= 15 is 0 Å². The Kier molecular flexibility index (Phi) is 4.04. The van der Waals surface area contributed by atoms with Crippen molar-refractivity contribution in [2.45, 2.75) is 32.5 Å². The van der Waals surface area contributed by atoms with Crippen LogP contribution in [0.5, 0.6) is 0 Å². The van der Waals surface area contributed by atoms with Crippen LogP contribution in [0, 0.1) is 0 Å². The summed E-state index contributed by atoms with van der Waals surface area (Å²) in [5.41, 5.74) is 0. The number of unbranched alkanes of at least 4 members (excludes halogenated alkanes) is 1. The highest BCUT2D eigenvalue weighted by Gasteiger charge is 1.94. The minimum absolute atomic E-state index is 0.399. The van der Waals surface area contributed by atoms with Crippen molar-refractivity contribution in [3.8, 4) is 0 Å². The Morgan fingerprint density at radius 2 is 2.29 bits per heavy atom. The Hall–Kier alpha value is -0.0800. The minimum Gasteiger partial charge on any atom is -0.366 e. The number of rotatable bonds is 3. The maximum Gasteiger partial charge on any atom is 0.188 e. The third kappa shape index (κ3) is 5.92. The predicted molar refractivity (Wildman–Crippen MR) is 26.2 cm³/mol. The molecule has 0 aliphatic carbocycles. The van der Waals surface area contributed by atoms with Gasteiger partial charge in [-0.05, 0) is 6.42 Å². The Morgan fingerprint density at radius 3 is 2.43 bits per heavy atom. The molecule has 1 unspecified atom stereocenters. The third-order valence-electron chi connectivity index (χ3n) is 0.805. The van der Waals surface area contributed by atoms with Gasteiger partial charge in [0.15, 0.2) is 6.29 Å². The lowest BCUT2D eigenvalue weighted by atomic mass is 10.2. The highest BCUT2D eigenvalue weighted by Crippen LogP contribution is 1.95. The molecule has 0 amide bonds. The molecule has 1 atom stereocenters. The highest BCUT2D eigenvalue weighted by molar-refractivity contribution is 4.36. The van der Waals surface area contributed by atoms with Gasteiger partial charge >= 0.3 is 0 Å². The van der Waals surface area contributed by atoms with Crippen LogP contribution in [0.1, 0.15) is 26.2 Å². The second kappa shape index (κ2) is 4.09.